The highest BCUT2D eigenvalue weighted by atomic mass is 79.9. The number of nitrogens with one attached hydrogen (secondary N) is 1. The van der Waals surface area contributed by atoms with E-state index in [9.17, 15) is 4.79 Å². The van der Waals surface area contributed by atoms with E-state index in [1.807, 2.05) is 19.1 Å². The number of hydrogen-bond donors (Lipinski definition) is 2. The molecule has 1 aliphatic rings. The first kappa shape index (κ1) is 11.5. The maximum atomic E-state index is 10.7. The number of halogens is 1. The number of aliphatic carboxylic acids is 1. The largest absolute Gasteiger partial charge is 0.481 e. The van der Waals surface area contributed by atoms with Gasteiger partial charge >= 0.3 is 5.97 Å². The van der Waals surface area contributed by atoms with Crippen LogP contribution in [0.2, 0.25) is 0 Å². The molecule has 1 aromatic rings. The van der Waals surface area contributed by atoms with Crippen molar-refractivity contribution in [1.82, 2.24) is 0 Å². The smallest absolute Gasteiger partial charge is 0.306 e. The fourth-order valence-electron chi connectivity index (χ4n) is 1.95. The first-order valence-corrected chi connectivity index (χ1v) is 6.11. The third-order valence-electron chi connectivity index (χ3n) is 3.04. The summed E-state index contributed by atoms with van der Waals surface area (Å²) in [5, 5.41) is 12.1. The minimum Gasteiger partial charge on any atom is -0.481 e. The summed E-state index contributed by atoms with van der Waals surface area (Å²) in [7, 11) is 0. The number of carbonyl (C=O) groups is 1. The number of rotatable bonds is 3. The van der Waals surface area contributed by atoms with Crippen molar-refractivity contribution in [3.8, 4) is 0 Å². The van der Waals surface area contributed by atoms with Gasteiger partial charge in [-0.1, -0.05) is 15.9 Å². The molecule has 4 heteroatoms. The lowest BCUT2D eigenvalue weighted by molar-refractivity contribution is -0.144. The Hall–Kier alpha value is -1.03. The second kappa shape index (κ2) is 4.45. The van der Waals surface area contributed by atoms with E-state index in [1.165, 1.54) is 5.56 Å². The lowest BCUT2D eigenvalue weighted by Crippen LogP contribution is -2.39. The van der Waals surface area contributed by atoms with Gasteiger partial charge in [-0.05, 0) is 43.5 Å². The fraction of sp³-hybridized carbons (Fsp3) is 0.417. The summed E-state index contributed by atoms with van der Waals surface area (Å²) in [6, 6.07) is 6.37. The Morgan fingerprint density at radius 3 is 2.75 bits per heavy atom. The van der Waals surface area contributed by atoms with E-state index in [4.69, 9.17) is 5.11 Å². The predicted octanol–water partition coefficient (Wildman–Crippen LogP) is 3.03. The lowest BCUT2D eigenvalue weighted by Gasteiger charge is -2.34. The number of carboxylic acids is 1. The molecule has 0 saturated heterocycles. The Morgan fingerprint density at radius 2 is 2.19 bits per heavy atom. The van der Waals surface area contributed by atoms with Gasteiger partial charge in [0.05, 0.1) is 5.92 Å². The van der Waals surface area contributed by atoms with E-state index >= 15 is 0 Å². The predicted molar refractivity (Wildman–Crippen MR) is 66.6 cm³/mol. The van der Waals surface area contributed by atoms with Crippen molar-refractivity contribution in [1.29, 1.82) is 0 Å². The maximum Gasteiger partial charge on any atom is 0.306 e. The van der Waals surface area contributed by atoms with Crippen molar-refractivity contribution >= 4 is 27.6 Å². The van der Waals surface area contributed by atoms with Gasteiger partial charge < -0.3 is 10.4 Å². The highest BCUT2D eigenvalue weighted by Crippen LogP contribution is 2.31. The highest BCUT2D eigenvalue weighted by molar-refractivity contribution is 9.10. The van der Waals surface area contributed by atoms with Crippen LogP contribution in [0.1, 0.15) is 18.4 Å². The van der Waals surface area contributed by atoms with Crippen LogP contribution in [0.15, 0.2) is 22.7 Å². The normalized spacial score (nSPS) is 23.6. The van der Waals surface area contributed by atoms with Crippen molar-refractivity contribution in [2.75, 3.05) is 5.32 Å². The second-order valence-electron chi connectivity index (χ2n) is 4.31. The molecule has 0 radical (unpaired) electrons. The van der Waals surface area contributed by atoms with Gasteiger partial charge in [-0.3, -0.25) is 4.79 Å². The maximum absolute atomic E-state index is 10.7. The van der Waals surface area contributed by atoms with Crippen molar-refractivity contribution in [3.63, 3.8) is 0 Å². The summed E-state index contributed by atoms with van der Waals surface area (Å²) in [4.78, 5) is 10.7. The molecule has 0 aliphatic heterocycles. The molecular weight excluding hydrogens is 270 g/mol. The van der Waals surface area contributed by atoms with Gasteiger partial charge in [-0.25, -0.2) is 0 Å². The second-order valence-corrected chi connectivity index (χ2v) is 5.22. The average molecular weight is 284 g/mol. The van der Waals surface area contributed by atoms with E-state index in [0.717, 1.165) is 23.0 Å². The summed E-state index contributed by atoms with van der Waals surface area (Å²) in [5.74, 6) is -0.834. The number of carboxylic acid groups (broad SMARTS) is 1. The molecule has 0 amide bonds. The van der Waals surface area contributed by atoms with Crippen LogP contribution < -0.4 is 5.32 Å². The zero-order valence-electron chi connectivity index (χ0n) is 9.03. The van der Waals surface area contributed by atoms with Crippen LogP contribution in [0.5, 0.6) is 0 Å². The van der Waals surface area contributed by atoms with Gasteiger partial charge in [-0.15, -0.1) is 0 Å². The Kier molecular flexibility index (Phi) is 3.19. The van der Waals surface area contributed by atoms with Crippen LogP contribution in [0.25, 0.3) is 0 Å². The highest BCUT2D eigenvalue weighted by Gasteiger charge is 2.34. The molecule has 0 aromatic heterocycles. The Labute approximate surface area is 103 Å². The van der Waals surface area contributed by atoms with Crippen molar-refractivity contribution in [2.24, 2.45) is 5.92 Å². The van der Waals surface area contributed by atoms with Gasteiger partial charge in [0, 0.05) is 16.2 Å². The van der Waals surface area contributed by atoms with Gasteiger partial charge in [0.2, 0.25) is 0 Å². The summed E-state index contributed by atoms with van der Waals surface area (Å²) in [5.41, 5.74) is 2.27. The zero-order valence-corrected chi connectivity index (χ0v) is 10.6. The molecule has 0 bridgehead atoms. The van der Waals surface area contributed by atoms with E-state index in [2.05, 4.69) is 27.3 Å². The van der Waals surface area contributed by atoms with E-state index in [1.54, 1.807) is 0 Å². The Morgan fingerprint density at radius 1 is 1.50 bits per heavy atom. The lowest BCUT2D eigenvalue weighted by atomic mass is 9.80. The summed E-state index contributed by atoms with van der Waals surface area (Å²) >= 11 is 3.42. The Bertz CT molecular complexity index is 413. The average Bonchev–Trinajstić information content (AvgIpc) is 2.12. The van der Waals surface area contributed by atoms with Crippen LogP contribution in [0.3, 0.4) is 0 Å². The van der Waals surface area contributed by atoms with Crippen molar-refractivity contribution in [2.45, 2.75) is 25.8 Å². The molecule has 0 spiro atoms. The topological polar surface area (TPSA) is 49.3 Å². The first-order chi connectivity index (χ1) is 7.56. The minimum absolute atomic E-state index is 0.159. The molecule has 2 N–H and O–H groups in total. The van der Waals surface area contributed by atoms with E-state index in [0.29, 0.717) is 6.04 Å². The van der Waals surface area contributed by atoms with Crippen LogP contribution >= 0.6 is 15.9 Å². The molecule has 1 saturated carbocycles. The Balaban J connectivity index is 1.94. The molecule has 1 aliphatic carbocycles. The number of benzene rings is 1. The molecule has 1 fully saturated rings. The van der Waals surface area contributed by atoms with Gasteiger partial charge in [0.1, 0.15) is 0 Å². The number of hydrogen-bond acceptors (Lipinski definition) is 2. The molecule has 16 heavy (non-hydrogen) atoms. The molecular formula is C12H14BrNO2. The standard InChI is InChI=1S/C12H14BrNO2/c1-7-4-9(13)2-3-11(7)14-10-5-8(6-10)12(15)16/h2-4,8,10,14H,5-6H2,1H3,(H,15,16). The van der Waals surface area contributed by atoms with Crippen LogP contribution in [-0.2, 0) is 4.79 Å². The zero-order chi connectivity index (χ0) is 11.7. The van der Waals surface area contributed by atoms with E-state index in [-0.39, 0.29) is 5.92 Å². The summed E-state index contributed by atoms with van der Waals surface area (Å²) in [6.45, 7) is 2.04. The number of anilines is 1. The van der Waals surface area contributed by atoms with Crippen molar-refractivity contribution < 1.29 is 9.90 Å². The molecule has 0 heterocycles. The summed E-state index contributed by atoms with van der Waals surface area (Å²) in [6.07, 6.45) is 1.45. The molecule has 1 aromatic carbocycles. The fourth-order valence-corrected chi connectivity index (χ4v) is 2.42. The van der Waals surface area contributed by atoms with E-state index < -0.39 is 5.97 Å². The number of aryl methyl sites for hydroxylation is 1. The quantitative estimate of drug-likeness (QED) is 0.897. The molecule has 86 valence electrons. The van der Waals surface area contributed by atoms with Crippen LogP contribution in [0, 0.1) is 12.8 Å². The SMILES string of the molecule is Cc1cc(Br)ccc1NC1CC(C(=O)O)C1. The van der Waals surface area contributed by atoms with Crippen molar-refractivity contribution in [3.05, 3.63) is 28.2 Å². The third kappa shape index (κ3) is 2.38. The van der Waals surface area contributed by atoms with Crippen LogP contribution in [0.4, 0.5) is 5.69 Å². The molecule has 3 nitrogen and oxygen atoms in total. The molecule has 0 unspecified atom stereocenters. The molecule has 2 rings (SSSR count). The minimum atomic E-state index is -0.675. The molecule has 0 atom stereocenters. The van der Waals surface area contributed by atoms with Crippen LogP contribution in [-0.4, -0.2) is 17.1 Å². The first-order valence-electron chi connectivity index (χ1n) is 5.32. The van der Waals surface area contributed by atoms with Gasteiger partial charge in [-0.2, -0.15) is 0 Å². The van der Waals surface area contributed by atoms with Gasteiger partial charge in [0.15, 0.2) is 0 Å². The monoisotopic (exact) mass is 283 g/mol. The summed E-state index contributed by atoms with van der Waals surface area (Å²) < 4.78 is 1.06. The third-order valence-corrected chi connectivity index (χ3v) is 3.53. The van der Waals surface area contributed by atoms with Gasteiger partial charge in [0.25, 0.3) is 0 Å².